The number of aryl methyl sites for hydroxylation is 2. The van der Waals surface area contributed by atoms with Crippen molar-refractivity contribution >= 4 is 34.3 Å². The predicted octanol–water partition coefficient (Wildman–Crippen LogP) is 5.75. The average molecular weight is 357 g/mol. The van der Waals surface area contributed by atoms with Crippen LogP contribution in [0.4, 0.5) is 5.69 Å². The minimum absolute atomic E-state index is 0.0573. The normalized spacial score (nSPS) is 11.3. The lowest BCUT2D eigenvalue weighted by atomic mass is 10.1. The van der Waals surface area contributed by atoms with Crippen molar-refractivity contribution in [2.24, 2.45) is 5.92 Å². The van der Waals surface area contributed by atoms with Gasteiger partial charge in [0, 0.05) is 12.0 Å². The molecule has 2 aromatic carbocycles. The number of halogens is 1. The first kappa shape index (κ1) is 17.5. The molecule has 0 atom stereocenters. The minimum Gasteiger partial charge on any atom is -0.436 e. The highest BCUT2D eigenvalue weighted by atomic mass is 35.5. The Hall–Kier alpha value is -2.33. The first-order valence-corrected chi connectivity index (χ1v) is 8.69. The number of carbonyl (C=O) groups excluding carboxylic acids is 1. The van der Waals surface area contributed by atoms with Gasteiger partial charge in [0.1, 0.15) is 5.52 Å². The number of aromatic nitrogens is 1. The van der Waals surface area contributed by atoms with E-state index in [4.69, 9.17) is 16.0 Å². The number of nitrogens with one attached hydrogen (secondary N) is 1. The van der Waals surface area contributed by atoms with Crippen LogP contribution >= 0.6 is 11.6 Å². The molecule has 0 spiro atoms. The Balaban J connectivity index is 1.97. The van der Waals surface area contributed by atoms with E-state index in [-0.39, 0.29) is 11.8 Å². The van der Waals surface area contributed by atoms with Gasteiger partial charge in [-0.05, 0) is 55.2 Å². The number of fused-ring (bicyclic) bond motifs is 1. The van der Waals surface area contributed by atoms with Crippen molar-refractivity contribution in [3.8, 4) is 11.5 Å². The lowest BCUT2D eigenvalue weighted by molar-refractivity contribution is -0.116. The number of amides is 1. The summed E-state index contributed by atoms with van der Waals surface area (Å²) in [6, 6.07) is 9.45. The summed E-state index contributed by atoms with van der Waals surface area (Å²) < 4.78 is 5.94. The summed E-state index contributed by atoms with van der Waals surface area (Å²) in [7, 11) is 0. The van der Waals surface area contributed by atoms with Crippen LogP contribution in [-0.2, 0) is 4.79 Å². The molecule has 5 heteroatoms. The molecule has 0 saturated heterocycles. The van der Waals surface area contributed by atoms with Gasteiger partial charge >= 0.3 is 0 Å². The van der Waals surface area contributed by atoms with Gasteiger partial charge in [0.2, 0.25) is 11.8 Å². The summed E-state index contributed by atoms with van der Waals surface area (Å²) >= 11 is 6.22. The van der Waals surface area contributed by atoms with E-state index in [0.717, 1.165) is 27.8 Å². The van der Waals surface area contributed by atoms with E-state index < -0.39 is 0 Å². The minimum atomic E-state index is -0.0573. The molecule has 3 rings (SSSR count). The maximum Gasteiger partial charge on any atom is 0.227 e. The van der Waals surface area contributed by atoms with Crippen LogP contribution in [0.5, 0.6) is 0 Å². The third kappa shape index (κ3) is 3.85. The SMILES string of the molecule is Cc1cc(C)c2oc(-c3ccc(Cl)c(NC(=O)CC(C)C)c3)nc2c1. The molecule has 1 heterocycles. The average Bonchev–Trinajstić information content (AvgIpc) is 2.92. The van der Waals surface area contributed by atoms with Gasteiger partial charge in [-0.25, -0.2) is 4.98 Å². The van der Waals surface area contributed by atoms with Crippen LogP contribution in [-0.4, -0.2) is 10.9 Å². The zero-order valence-electron chi connectivity index (χ0n) is 14.8. The van der Waals surface area contributed by atoms with Gasteiger partial charge in [0.25, 0.3) is 0 Å². The fourth-order valence-electron chi connectivity index (χ4n) is 2.83. The monoisotopic (exact) mass is 356 g/mol. The van der Waals surface area contributed by atoms with Gasteiger partial charge < -0.3 is 9.73 Å². The molecule has 1 amide bonds. The fourth-order valence-corrected chi connectivity index (χ4v) is 2.99. The van der Waals surface area contributed by atoms with Crippen molar-refractivity contribution in [3.63, 3.8) is 0 Å². The number of hydrogen-bond acceptors (Lipinski definition) is 3. The highest BCUT2D eigenvalue weighted by Gasteiger charge is 2.14. The molecule has 130 valence electrons. The van der Waals surface area contributed by atoms with Gasteiger partial charge in [-0.15, -0.1) is 0 Å². The number of benzene rings is 2. The molecule has 0 bridgehead atoms. The lowest BCUT2D eigenvalue weighted by Gasteiger charge is -2.09. The Morgan fingerprint density at radius 3 is 2.72 bits per heavy atom. The number of hydrogen-bond donors (Lipinski definition) is 1. The summed E-state index contributed by atoms with van der Waals surface area (Å²) in [5.74, 6) is 0.739. The fraction of sp³-hybridized carbons (Fsp3) is 0.300. The molecule has 0 fully saturated rings. The van der Waals surface area contributed by atoms with Crippen LogP contribution in [0.2, 0.25) is 5.02 Å². The van der Waals surface area contributed by atoms with E-state index in [0.29, 0.717) is 23.0 Å². The van der Waals surface area contributed by atoms with E-state index in [2.05, 4.69) is 16.4 Å². The number of rotatable bonds is 4. The Labute approximate surface area is 152 Å². The van der Waals surface area contributed by atoms with Crippen molar-refractivity contribution in [2.45, 2.75) is 34.1 Å². The molecule has 4 nitrogen and oxygen atoms in total. The van der Waals surface area contributed by atoms with Gasteiger partial charge in [-0.1, -0.05) is 31.5 Å². The van der Waals surface area contributed by atoms with Gasteiger partial charge in [-0.2, -0.15) is 0 Å². The Kier molecular flexibility index (Phi) is 4.82. The quantitative estimate of drug-likeness (QED) is 0.647. The molecule has 1 aromatic heterocycles. The molecule has 0 radical (unpaired) electrons. The van der Waals surface area contributed by atoms with Crippen molar-refractivity contribution in [1.82, 2.24) is 4.98 Å². The molecule has 0 unspecified atom stereocenters. The molecule has 0 aliphatic carbocycles. The van der Waals surface area contributed by atoms with E-state index in [9.17, 15) is 4.79 Å². The zero-order chi connectivity index (χ0) is 18.1. The molecule has 0 aliphatic rings. The number of carbonyl (C=O) groups is 1. The number of anilines is 1. The van der Waals surface area contributed by atoms with Crippen LogP contribution < -0.4 is 5.32 Å². The first-order chi connectivity index (χ1) is 11.8. The van der Waals surface area contributed by atoms with Crippen LogP contribution in [0.1, 0.15) is 31.4 Å². The van der Waals surface area contributed by atoms with Crippen molar-refractivity contribution in [3.05, 3.63) is 46.5 Å². The third-order valence-electron chi connectivity index (χ3n) is 3.90. The summed E-state index contributed by atoms with van der Waals surface area (Å²) in [5, 5.41) is 3.36. The molecular formula is C20H21ClN2O2. The van der Waals surface area contributed by atoms with Crippen LogP contribution in [0.25, 0.3) is 22.6 Å². The van der Waals surface area contributed by atoms with E-state index >= 15 is 0 Å². The Morgan fingerprint density at radius 1 is 1.24 bits per heavy atom. The molecule has 3 aromatic rings. The van der Waals surface area contributed by atoms with Crippen LogP contribution in [0.3, 0.4) is 0 Å². The van der Waals surface area contributed by atoms with E-state index in [1.54, 1.807) is 12.1 Å². The van der Waals surface area contributed by atoms with Crippen molar-refractivity contribution in [1.29, 1.82) is 0 Å². The second kappa shape index (κ2) is 6.89. The van der Waals surface area contributed by atoms with E-state index in [1.807, 2.05) is 39.8 Å². The highest BCUT2D eigenvalue weighted by molar-refractivity contribution is 6.33. The topological polar surface area (TPSA) is 55.1 Å². The first-order valence-electron chi connectivity index (χ1n) is 8.31. The molecule has 0 aliphatic heterocycles. The highest BCUT2D eigenvalue weighted by Crippen LogP contribution is 2.31. The van der Waals surface area contributed by atoms with Gasteiger partial charge in [0.15, 0.2) is 5.58 Å². The van der Waals surface area contributed by atoms with Gasteiger partial charge in [0.05, 0.1) is 10.7 Å². The summed E-state index contributed by atoms with van der Waals surface area (Å²) in [6.07, 6.45) is 0.446. The predicted molar refractivity (Wildman–Crippen MR) is 102 cm³/mol. The van der Waals surface area contributed by atoms with Crippen LogP contribution in [0, 0.1) is 19.8 Å². The summed E-state index contributed by atoms with van der Waals surface area (Å²) in [6.45, 7) is 8.04. The van der Waals surface area contributed by atoms with Crippen molar-refractivity contribution < 1.29 is 9.21 Å². The summed E-state index contributed by atoms with van der Waals surface area (Å²) in [5.41, 5.74) is 5.14. The third-order valence-corrected chi connectivity index (χ3v) is 4.23. The Morgan fingerprint density at radius 2 is 2.00 bits per heavy atom. The van der Waals surface area contributed by atoms with Gasteiger partial charge in [-0.3, -0.25) is 4.79 Å². The number of nitrogens with zero attached hydrogens (tertiary/aromatic N) is 1. The smallest absolute Gasteiger partial charge is 0.227 e. The van der Waals surface area contributed by atoms with Crippen LogP contribution in [0.15, 0.2) is 34.7 Å². The molecule has 1 N–H and O–H groups in total. The zero-order valence-corrected chi connectivity index (χ0v) is 15.6. The molecule has 0 saturated carbocycles. The standard InChI is InChI=1S/C20H21ClN2O2/c1-11(2)7-18(24)22-16-10-14(5-6-15(16)21)20-23-17-9-12(3)8-13(4)19(17)25-20/h5-6,8-11H,7H2,1-4H3,(H,22,24). The molecular weight excluding hydrogens is 336 g/mol. The molecule has 25 heavy (non-hydrogen) atoms. The van der Waals surface area contributed by atoms with Crippen molar-refractivity contribution in [2.75, 3.05) is 5.32 Å². The second-order valence-electron chi connectivity index (χ2n) is 6.79. The van der Waals surface area contributed by atoms with E-state index in [1.165, 1.54) is 0 Å². The maximum atomic E-state index is 12.0. The summed E-state index contributed by atoms with van der Waals surface area (Å²) in [4.78, 5) is 16.6. The lowest BCUT2D eigenvalue weighted by Crippen LogP contribution is -2.14. The maximum absolute atomic E-state index is 12.0. The second-order valence-corrected chi connectivity index (χ2v) is 7.20. The largest absolute Gasteiger partial charge is 0.436 e. The Bertz CT molecular complexity index is 944. The number of oxazole rings is 1.